The number of para-hydroxylation sites is 1. The van der Waals surface area contributed by atoms with Gasteiger partial charge >= 0.3 is 0 Å². The van der Waals surface area contributed by atoms with E-state index in [9.17, 15) is 0 Å². The molecule has 1 heterocycles. The van der Waals surface area contributed by atoms with Gasteiger partial charge in [0.05, 0.1) is 0 Å². The van der Waals surface area contributed by atoms with Gasteiger partial charge in [-0.25, -0.2) is 0 Å². The fraction of sp³-hybridized carbons (Fsp3) is 0.467. The average Bonchev–Trinajstić information content (AvgIpc) is 2.79. The second kappa shape index (κ2) is 4.29. The van der Waals surface area contributed by atoms with E-state index in [0.29, 0.717) is 10.6 Å². The molecule has 1 unspecified atom stereocenters. The van der Waals surface area contributed by atoms with Crippen LogP contribution in [0.2, 0.25) is 5.22 Å². The van der Waals surface area contributed by atoms with Crippen LogP contribution in [0.5, 0.6) is 0 Å². The Balaban J connectivity index is 1.69. The van der Waals surface area contributed by atoms with Gasteiger partial charge in [-0.2, -0.15) is 0 Å². The molecule has 0 radical (unpaired) electrons. The molecule has 1 aliphatic carbocycles. The number of fused-ring (bicyclic) bond motifs is 1. The fourth-order valence-corrected chi connectivity index (χ4v) is 2.78. The molecule has 0 spiro atoms. The lowest BCUT2D eigenvalue weighted by Gasteiger charge is -2.05. The summed E-state index contributed by atoms with van der Waals surface area (Å²) in [4.78, 5) is 0. The maximum absolute atomic E-state index is 6.15. The molecule has 96 valence electrons. The highest BCUT2D eigenvalue weighted by Gasteiger charge is 2.44. The van der Waals surface area contributed by atoms with Gasteiger partial charge in [-0.05, 0) is 42.0 Å². The van der Waals surface area contributed by atoms with Gasteiger partial charge in [0.25, 0.3) is 0 Å². The number of furan rings is 1. The highest BCUT2D eigenvalue weighted by Crippen LogP contribution is 2.51. The van der Waals surface area contributed by atoms with Crippen molar-refractivity contribution in [1.29, 1.82) is 0 Å². The Hall–Kier alpha value is -0.990. The van der Waals surface area contributed by atoms with Gasteiger partial charge in [0.2, 0.25) is 0 Å². The number of nitrogens with one attached hydrogen (secondary N) is 1. The van der Waals surface area contributed by atoms with E-state index < -0.39 is 0 Å². The fourth-order valence-electron chi connectivity index (χ4n) is 2.53. The van der Waals surface area contributed by atoms with Crippen LogP contribution in [0.15, 0.2) is 28.7 Å². The number of rotatable bonds is 4. The molecule has 1 N–H and O–H groups in total. The molecule has 2 nitrogen and oxygen atoms in total. The van der Waals surface area contributed by atoms with Crippen molar-refractivity contribution in [1.82, 2.24) is 5.32 Å². The molecular weight excluding hydrogens is 246 g/mol. The van der Waals surface area contributed by atoms with Gasteiger partial charge in [0, 0.05) is 17.5 Å². The first-order chi connectivity index (χ1) is 8.58. The zero-order valence-corrected chi connectivity index (χ0v) is 11.6. The molecular formula is C15H18ClNO. The molecule has 3 rings (SSSR count). The Labute approximate surface area is 112 Å². The molecule has 1 atom stereocenters. The summed E-state index contributed by atoms with van der Waals surface area (Å²) in [6.45, 7) is 6.48. The summed E-state index contributed by atoms with van der Waals surface area (Å²) < 4.78 is 5.54. The average molecular weight is 264 g/mol. The van der Waals surface area contributed by atoms with Crippen LogP contribution in [0, 0.1) is 11.3 Å². The van der Waals surface area contributed by atoms with Crippen molar-refractivity contribution < 1.29 is 4.42 Å². The smallest absolute Gasteiger partial charge is 0.199 e. The van der Waals surface area contributed by atoms with Crippen molar-refractivity contribution >= 4 is 22.6 Å². The van der Waals surface area contributed by atoms with E-state index >= 15 is 0 Å². The van der Waals surface area contributed by atoms with Crippen molar-refractivity contribution in [3.8, 4) is 0 Å². The summed E-state index contributed by atoms with van der Waals surface area (Å²) in [5, 5.41) is 5.12. The van der Waals surface area contributed by atoms with Crippen molar-refractivity contribution in [3.63, 3.8) is 0 Å². The molecule has 1 aliphatic rings. The third-order valence-corrected chi connectivity index (χ3v) is 4.36. The zero-order chi connectivity index (χ0) is 12.8. The maximum atomic E-state index is 6.15. The predicted molar refractivity (Wildman–Crippen MR) is 74.8 cm³/mol. The van der Waals surface area contributed by atoms with Gasteiger partial charge in [0.15, 0.2) is 5.22 Å². The normalized spacial score (nSPS) is 21.4. The van der Waals surface area contributed by atoms with Crippen LogP contribution in [0.25, 0.3) is 11.0 Å². The molecule has 0 aliphatic heterocycles. The second-order valence-corrected chi connectivity index (χ2v) is 6.21. The lowest BCUT2D eigenvalue weighted by atomic mass is 10.1. The summed E-state index contributed by atoms with van der Waals surface area (Å²) in [6, 6.07) is 7.99. The Morgan fingerprint density at radius 3 is 2.83 bits per heavy atom. The van der Waals surface area contributed by atoms with E-state index in [-0.39, 0.29) is 0 Å². The van der Waals surface area contributed by atoms with Crippen LogP contribution in [-0.2, 0) is 6.54 Å². The minimum atomic E-state index is 0.513. The van der Waals surface area contributed by atoms with E-state index in [1.807, 2.05) is 18.2 Å². The number of halogens is 1. The topological polar surface area (TPSA) is 25.2 Å². The molecule has 1 saturated carbocycles. The molecule has 2 aromatic rings. The Kier molecular flexibility index (Phi) is 2.87. The predicted octanol–water partition coefficient (Wildman–Crippen LogP) is 4.22. The first-order valence-electron chi connectivity index (χ1n) is 6.44. The molecule has 18 heavy (non-hydrogen) atoms. The molecule has 0 saturated heterocycles. The van der Waals surface area contributed by atoms with E-state index in [4.69, 9.17) is 16.0 Å². The number of hydrogen-bond acceptors (Lipinski definition) is 2. The lowest BCUT2D eigenvalue weighted by Crippen LogP contribution is -2.18. The largest absolute Gasteiger partial charge is 0.444 e. The van der Waals surface area contributed by atoms with Crippen LogP contribution in [-0.4, -0.2) is 6.54 Å². The molecule has 1 aromatic heterocycles. The van der Waals surface area contributed by atoms with Crippen molar-refractivity contribution in [2.75, 3.05) is 6.54 Å². The second-order valence-electron chi connectivity index (χ2n) is 5.87. The van der Waals surface area contributed by atoms with E-state index in [2.05, 4.69) is 25.2 Å². The van der Waals surface area contributed by atoms with Crippen molar-refractivity contribution in [3.05, 3.63) is 35.0 Å². The lowest BCUT2D eigenvalue weighted by molar-refractivity contribution is 0.518. The van der Waals surface area contributed by atoms with Gasteiger partial charge < -0.3 is 9.73 Å². The Morgan fingerprint density at radius 2 is 2.11 bits per heavy atom. The first-order valence-corrected chi connectivity index (χ1v) is 6.82. The summed E-state index contributed by atoms with van der Waals surface area (Å²) in [5.41, 5.74) is 2.46. The quantitative estimate of drug-likeness (QED) is 0.893. The molecule has 0 bridgehead atoms. The van der Waals surface area contributed by atoms with E-state index in [0.717, 1.165) is 35.5 Å². The molecule has 1 aromatic carbocycles. The van der Waals surface area contributed by atoms with E-state index in [1.54, 1.807) is 0 Å². The SMILES string of the molecule is CC1(C)CC1CNCc1c(Cl)oc2ccccc12. The van der Waals surface area contributed by atoms with Crippen molar-refractivity contribution in [2.24, 2.45) is 11.3 Å². The van der Waals surface area contributed by atoms with Gasteiger partial charge in [-0.1, -0.05) is 32.0 Å². The minimum absolute atomic E-state index is 0.513. The summed E-state index contributed by atoms with van der Waals surface area (Å²) in [7, 11) is 0. The Morgan fingerprint density at radius 1 is 1.39 bits per heavy atom. The number of benzene rings is 1. The third kappa shape index (κ3) is 2.15. The van der Waals surface area contributed by atoms with Crippen LogP contribution >= 0.6 is 11.6 Å². The monoisotopic (exact) mass is 263 g/mol. The van der Waals surface area contributed by atoms with Gasteiger partial charge in [-0.15, -0.1) is 0 Å². The summed E-state index contributed by atoms with van der Waals surface area (Å²) >= 11 is 6.15. The molecule has 1 fully saturated rings. The van der Waals surface area contributed by atoms with E-state index in [1.165, 1.54) is 6.42 Å². The first kappa shape index (κ1) is 12.1. The van der Waals surface area contributed by atoms with Gasteiger partial charge in [0.1, 0.15) is 5.58 Å². The van der Waals surface area contributed by atoms with Crippen LogP contribution in [0.1, 0.15) is 25.8 Å². The highest BCUT2D eigenvalue weighted by atomic mass is 35.5. The van der Waals surface area contributed by atoms with Gasteiger partial charge in [-0.3, -0.25) is 0 Å². The van der Waals surface area contributed by atoms with Crippen molar-refractivity contribution in [2.45, 2.75) is 26.8 Å². The van der Waals surface area contributed by atoms with Crippen LogP contribution in [0.4, 0.5) is 0 Å². The molecule has 3 heteroatoms. The minimum Gasteiger partial charge on any atom is -0.444 e. The third-order valence-electron chi connectivity index (χ3n) is 4.06. The summed E-state index contributed by atoms with van der Waals surface area (Å²) in [6.07, 6.45) is 1.32. The standard InChI is InChI=1S/C15H18ClNO/c1-15(2)7-10(15)8-17-9-12-11-5-3-4-6-13(11)18-14(12)16/h3-6,10,17H,7-9H2,1-2H3. The molecule has 0 amide bonds. The Bertz CT molecular complexity index is 573. The maximum Gasteiger partial charge on any atom is 0.199 e. The highest BCUT2D eigenvalue weighted by molar-refractivity contribution is 6.30. The van der Waals surface area contributed by atoms with Crippen LogP contribution < -0.4 is 5.32 Å². The number of hydrogen-bond donors (Lipinski definition) is 1. The zero-order valence-electron chi connectivity index (χ0n) is 10.8. The summed E-state index contributed by atoms with van der Waals surface area (Å²) in [5.74, 6) is 0.800. The van der Waals surface area contributed by atoms with Crippen LogP contribution in [0.3, 0.4) is 0 Å².